The van der Waals surface area contributed by atoms with Crippen molar-refractivity contribution in [3.63, 3.8) is 0 Å². The van der Waals surface area contributed by atoms with Crippen LogP contribution in [0.5, 0.6) is 0 Å². The summed E-state index contributed by atoms with van der Waals surface area (Å²) in [5.74, 6) is -0.696. The van der Waals surface area contributed by atoms with Gasteiger partial charge in [-0.05, 0) is 44.9 Å². The Labute approximate surface area is 199 Å². The average Bonchev–Trinajstić information content (AvgIpc) is 2.76. The standard InChI is InChI=1S/C22H36N10O2/c1-14(29-31-21(24)25)16-11-17(15(2)30-32-22(26)27)13-18(12-16)28-20(34)10-8-6-4-3-5-7-9-19(23)33/h11-13H,3-10H2,1-2H3,(H2,23,33)(H,28,34)(H4,24,25,31)(H4,26,27,32)/b29-14-,30-15+. The van der Waals surface area contributed by atoms with Gasteiger partial charge in [0, 0.05) is 29.7 Å². The molecule has 0 radical (unpaired) electrons. The number of amides is 2. The lowest BCUT2D eigenvalue weighted by molar-refractivity contribution is -0.118. The molecule has 0 spiro atoms. The fraction of sp³-hybridized carbons (Fsp3) is 0.455. The van der Waals surface area contributed by atoms with Crippen molar-refractivity contribution >= 4 is 40.8 Å². The third-order valence-electron chi connectivity index (χ3n) is 4.76. The van der Waals surface area contributed by atoms with Crippen LogP contribution in [0.1, 0.15) is 76.3 Å². The van der Waals surface area contributed by atoms with Crippen molar-refractivity contribution < 1.29 is 9.59 Å². The van der Waals surface area contributed by atoms with E-state index in [9.17, 15) is 9.59 Å². The highest BCUT2D eigenvalue weighted by Gasteiger charge is 2.10. The summed E-state index contributed by atoms with van der Waals surface area (Å²) >= 11 is 0. The van der Waals surface area contributed by atoms with Crippen LogP contribution < -0.4 is 34.0 Å². The number of guanidine groups is 2. The van der Waals surface area contributed by atoms with Crippen LogP contribution in [-0.4, -0.2) is 35.2 Å². The van der Waals surface area contributed by atoms with Gasteiger partial charge >= 0.3 is 0 Å². The second-order valence-electron chi connectivity index (χ2n) is 7.86. The van der Waals surface area contributed by atoms with Gasteiger partial charge in [0.1, 0.15) is 0 Å². The van der Waals surface area contributed by atoms with Crippen LogP contribution >= 0.6 is 0 Å². The van der Waals surface area contributed by atoms with E-state index in [1.807, 2.05) is 6.07 Å². The highest BCUT2D eigenvalue weighted by Crippen LogP contribution is 2.18. The smallest absolute Gasteiger partial charge is 0.224 e. The predicted molar refractivity (Wildman–Crippen MR) is 137 cm³/mol. The number of nitrogens with zero attached hydrogens (tertiary/aromatic N) is 4. The van der Waals surface area contributed by atoms with E-state index >= 15 is 0 Å². The molecule has 0 bridgehead atoms. The van der Waals surface area contributed by atoms with E-state index in [0.717, 1.165) is 38.5 Å². The Morgan fingerprint density at radius 3 is 1.56 bits per heavy atom. The van der Waals surface area contributed by atoms with Gasteiger partial charge in [-0.3, -0.25) is 9.59 Å². The Morgan fingerprint density at radius 2 is 1.12 bits per heavy atom. The number of nitrogens with two attached hydrogens (primary N) is 5. The third kappa shape index (κ3) is 12.2. The zero-order valence-corrected chi connectivity index (χ0v) is 19.9. The van der Waals surface area contributed by atoms with E-state index in [4.69, 9.17) is 28.7 Å². The van der Waals surface area contributed by atoms with Crippen LogP contribution in [0.15, 0.2) is 38.6 Å². The molecule has 34 heavy (non-hydrogen) atoms. The Morgan fingerprint density at radius 1 is 0.676 bits per heavy atom. The van der Waals surface area contributed by atoms with Crippen LogP contribution in [0.3, 0.4) is 0 Å². The van der Waals surface area contributed by atoms with Gasteiger partial charge in [-0.15, -0.1) is 10.2 Å². The van der Waals surface area contributed by atoms with E-state index in [0.29, 0.717) is 41.1 Å². The summed E-state index contributed by atoms with van der Waals surface area (Å²) in [5.41, 5.74) is 29.6. The summed E-state index contributed by atoms with van der Waals surface area (Å²) in [6.45, 7) is 3.48. The van der Waals surface area contributed by atoms with E-state index in [1.54, 1.807) is 26.0 Å². The first-order chi connectivity index (χ1) is 16.1. The molecule has 0 unspecified atom stereocenters. The molecule has 0 aromatic heterocycles. The van der Waals surface area contributed by atoms with Crippen molar-refractivity contribution in [1.29, 1.82) is 0 Å². The predicted octanol–water partition coefficient (Wildman–Crippen LogP) is 1.23. The first-order valence-corrected chi connectivity index (χ1v) is 11.1. The van der Waals surface area contributed by atoms with Crippen LogP contribution in [0.2, 0.25) is 0 Å². The van der Waals surface area contributed by atoms with Gasteiger partial charge in [-0.25, -0.2) is 0 Å². The highest BCUT2D eigenvalue weighted by molar-refractivity contribution is 6.06. The Kier molecular flexibility index (Phi) is 12.4. The molecule has 1 rings (SSSR count). The van der Waals surface area contributed by atoms with Crippen LogP contribution in [0.4, 0.5) is 5.69 Å². The molecule has 2 amide bonds. The summed E-state index contributed by atoms with van der Waals surface area (Å²) in [6.07, 6.45) is 6.32. The lowest BCUT2D eigenvalue weighted by Crippen LogP contribution is -2.22. The summed E-state index contributed by atoms with van der Waals surface area (Å²) in [7, 11) is 0. The van der Waals surface area contributed by atoms with E-state index in [2.05, 4.69) is 25.7 Å². The van der Waals surface area contributed by atoms with Gasteiger partial charge in [-0.1, -0.05) is 25.7 Å². The number of anilines is 1. The minimum atomic E-state index is -0.265. The van der Waals surface area contributed by atoms with E-state index in [1.165, 1.54) is 0 Å². The molecular formula is C22H36N10O2. The molecule has 0 saturated heterocycles. The van der Waals surface area contributed by atoms with Crippen molar-refractivity contribution in [2.45, 2.75) is 65.2 Å². The molecule has 0 aliphatic rings. The molecule has 0 aliphatic heterocycles. The molecule has 12 heteroatoms. The number of primary amides is 1. The number of nitrogens with one attached hydrogen (secondary N) is 1. The maximum atomic E-state index is 12.5. The van der Waals surface area contributed by atoms with Gasteiger partial charge in [-0.2, -0.15) is 10.2 Å². The molecule has 11 N–H and O–H groups in total. The number of unbranched alkanes of at least 4 members (excludes halogenated alkanes) is 5. The normalized spacial score (nSPS) is 11.6. The van der Waals surface area contributed by atoms with Gasteiger partial charge in [0.15, 0.2) is 0 Å². The summed E-state index contributed by atoms with van der Waals surface area (Å²) in [4.78, 5) is 23.2. The molecule has 0 saturated carbocycles. The molecular weight excluding hydrogens is 436 g/mol. The fourth-order valence-corrected chi connectivity index (χ4v) is 3.01. The molecule has 0 heterocycles. The quantitative estimate of drug-likeness (QED) is 0.101. The third-order valence-corrected chi connectivity index (χ3v) is 4.76. The highest BCUT2D eigenvalue weighted by atomic mass is 16.1. The second-order valence-corrected chi connectivity index (χ2v) is 7.86. The summed E-state index contributed by atoms with van der Waals surface area (Å²) in [5, 5.41) is 18.3. The monoisotopic (exact) mass is 472 g/mol. The Balaban J connectivity index is 2.83. The first kappa shape index (κ1) is 28.1. The number of rotatable bonds is 14. The maximum Gasteiger partial charge on any atom is 0.224 e. The lowest BCUT2D eigenvalue weighted by Gasteiger charge is -2.11. The second kappa shape index (κ2) is 15.0. The fourth-order valence-electron chi connectivity index (χ4n) is 3.01. The number of hydrogen-bond acceptors (Lipinski definition) is 6. The molecule has 1 aromatic carbocycles. The number of benzene rings is 1. The average molecular weight is 473 g/mol. The molecule has 186 valence electrons. The topological polar surface area (TPSA) is 226 Å². The SMILES string of the molecule is C/C(=N/N=C(N)N)c1cc(NC(=O)CCCCCCCCC(N)=O)cc(/C(C)=N/N=C(N)N)c1. The van der Waals surface area contributed by atoms with Crippen LogP contribution in [0, 0.1) is 0 Å². The van der Waals surface area contributed by atoms with Crippen molar-refractivity contribution in [1.82, 2.24) is 0 Å². The van der Waals surface area contributed by atoms with Crippen molar-refractivity contribution in [3.8, 4) is 0 Å². The van der Waals surface area contributed by atoms with E-state index < -0.39 is 0 Å². The first-order valence-electron chi connectivity index (χ1n) is 11.1. The van der Waals surface area contributed by atoms with Crippen LogP contribution in [-0.2, 0) is 9.59 Å². The minimum absolute atomic E-state index is 0.102. The largest absolute Gasteiger partial charge is 0.370 e. The maximum absolute atomic E-state index is 12.5. The van der Waals surface area contributed by atoms with Gasteiger partial charge in [0.05, 0.1) is 11.4 Å². The molecule has 12 nitrogen and oxygen atoms in total. The lowest BCUT2D eigenvalue weighted by atomic mass is 10.0. The van der Waals surface area contributed by atoms with Crippen molar-refractivity contribution in [3.05, 3.63) is 29.3 Å². The number of carbonyl (C=O) groups is 2. The molecule has 1 aromatic rings. The minimum Gasteiger partial charge on any atom is -0.370 e. The number of hydrogen-bond donors (Lipinski definition) is 6. The Hall–Kier alpha value is -3.96. The summed E-state index contributed by atoms with van der Waals surface area (Å²) < 4.78 is 0. The zero-order valence-electron chi connectivity index (χ0n) is 19.9. The molecule has 0 fully saturated rings. The Bertz CT molecular complexity index is 906. The van der Waals surface area contributed by atoms with Crippen molar-refractivity contribution in [2.75, 3.05) is 5.32 Å². The molecule has 0 atom stereocenters. The van der Waals surface area contributed by atoms with Gasteiger partial charge in [0.25, 0.3) is 0 Å². The van der Waals surface area contributed by atoms with Gasteiger partial charge < -0.3 is 34.0 Å². The molecule has 0 aliphatic carbocycles. The summed E-state index contributed by atoms with van der Waals surface area (Å²) in [6, 6.07) is 5.36. The van der Waals surface area contributed by atoms with Crippen molar-refractivity contribution in [2.24, 2.45) is 49.1 Å². The van der Waals surface area contributed by atoms with Gasteiger partial charge in [0.2, 0.25) is 23.7 Å². The zero-order chi connectivity index (χ0) is 25.5. The number of carbonyl (C=O) groups excluding carboxylic acids is 2. The van der Waals surface area contributed by atoms with Crippen LogP contribution in [0.25, 0.3) is 0 Å². The van der Waals surface area contributed by atoms with E-state index in [-0.39, 0.29) is 23.7 Å².